The molecule has 4 heteroatoms. The minimum absolute atomic E-state index is 0.449. The van der Waals surface area contributed by atoms with Crippen LogP contribution in [0.25, 0.3) is 0 Å². The molecule has 15 heavy (non-hydrogen) atoms. The van der Waals surface area contributed by atoms with Crippen molar-refractivity contribution >= 4 is 14.2 Å². The van der Waals surface area contributed by atoms with Gasteiger partial charge in [0.1, 0.15) is 8.07 Å². The van der Waals surface area contributed by atoms with E-state index in [9.17, 15) is 4.79 Å². The van der Waals surface area contributed by atoms with E-state index in [-0.39, 0.29) is 0 Å². The third-order valence-corrected chi connectivity index (χ3v) is 3.34. The molecule has 1 saturated heterocycles. The lowest BCUT2D eigenvalue weighted by atomic mass is 10.1. The maximum atomic E-state index is 10.7. The third-order valence-electron chi connectivity index (χ3n) is 2.41. The van der Waals surface area contributed by atoms with E-state index >= 15 is 0 Å². The quantitative estimate of drug-likeness (QED) is 0.549. The molecule has 1 aliphatic heterocycles. The van der Waals surface area contributed by atoms with Crippen molar-refractivity contribution in [1.82, 2.24) is 4.90 Å². The van der Waals surface area contributed by atoms with E-state index in [1.165, 1.54) is 4.90 Å². The fourth-order valence-electron chi connectivity index (χ4n) is 1.63. The zero-order valence-electron chi connectivity index (χ0n) is 9.71. The van der Waals surface area contributed by atoms with Gasteiger partial charge in [-0.2, -0.15) is 0 Å². The van der Waals surface area contributed by atoms with Crippen LogP contribution in [-0.4, -0.2) is 37.3 Å². The van der Waals surface area contributed by atoms with Gasteiger partial charge in [-0.15, -0.1) is 11.5 Å². The van der Waals surface area contributed by atoms with Gasteiger partial charge in [-0.25, -0.2) is 4.79 Å². The van der Waals surface area contributed by atoms with E-state index in [1.54, 1.807) is 0 Å². The number of hydrogen-bond donors (Lipinski definition) is 1. The number of likely N-dealkylation sites (tertiary alicyclic amines) is 1. The normalized spacial score (nSPS) is 21.0. The van der Waals surface area contributed by atoms with Gasteiger partial charge < -0.3 is 10.0 Å². The maximum absolute atomic E-state index is 10.7. The molecule has 1 fully saturated rings. The van der Waals surface area contributed by atoms with Crippen molar-refractivity contribution in [1.29, 1.82) is 0 Å². The Morgan fingerprint density at radius 2 is 2.20 bits per heavy atom. The predicted molar refractivity (Wildman–Crippen MR) is 63.4 cm³/mol. The van der Waals surface area contributed by atoms with Crippen LogP contribution in [0.1, 0.15) is 12.8 Å². The SMILES string of the molecule is C[Si](C)(C)C#CCC1CCN(C(=O)O)C1. The second-order valence-corrected chi connectivity index (χ2v) is 9.89. The molecule has 0 radical (unpaired) electrons. The fourth-order valence-corrected chi connectivity index (χ4v) is 2.27. The molecule has 0 bridgehead atoms. The van der Waals surface area contributed by atoms with Gasteiger partial charge in [0.2, 0.25) is 0 Å². The van der Waals surface area contributed by atoms with E-state index < -0.39 is 14.2 Å². The van der Waals surface area contributed by atoms with Crippen molar-refractivity contribution in [2.75, 3.05) is 13.1 Å². The van der Waals surface area contributed by atoms with Gasteiger partial charge in [0.05, 0.1) is 0 Å². The molecule has 3 nitrogen and oxygen atoms in total. The van der Waals surface area contributed by atoms with Crippen LogP contribution < -0.4 is 0 Å². The number of nitrogens with zero attached hydrogens (tertiary/aromatic N) is 1. The van der Waals surface area contributed by atoms with Crippen LogP contribution in [0.4, 0.5) is 4.79 Å². The van der Waals surface area contributed by atoms with Crippen molar-refractivity contribution in [3.63, 3.8) is 0 Å². The summed E-state index contributed by atoms with van der Waals surface area (Å²) in [6, 6.07) is 0. The van der Waals surface area contributed by atoms with E-state index in [1.807, 2.05) is 0 Å². The largest absolute Gasteiger partial charge is 0.465 e. The highest BCUT2D eigenvalue weighted by atomic mass is 28.3. The van der Waals surface area contributed by atoms with Crippen molar-refractivity contribution in [2.45, 2.75) is 32.5 Å². The molecule has 0 aromatic rings. The van der Waals surface area contributed by atoms with Crippen LogP contribution in [0.15, 0.2) is 0 Å². The Bertz CT molecular complexity index is 298. The first-order valence-electron chi connectivity index (χ1n) is 5.36. The minimum Gasteiger partial charge on any atom is -0.465 e. The zero-order valence-corrected chi connectivity index (χ0v) is 10.7. The van der Waals surface area contributed by atoms with Gasteiger partial charge in [0, 0.05) is 19.5 Å². The molecule has 0 saturated carbocycles. The first-order valence-corrected chi connectivity index (χ1v) is 8.86. The molecule has 1 rings (SSSR count). The minimum atomic E-state index is -1.26. The maximum Gasteiger partial charge on any atom is 0.407 e. The van der Waals surface area contributed by atoms with E-state index in [0.717, 1.165) is 12.8 Å². The van der Waals surface area contributed by atoms with Crippen molar-refractivity contribution in [3.05, 3.63) is 0 Å². The molecule has 1 heterocycles. The topological polar surface area (TPSA) is 40.5 Å². The van der Waals surface area contributed by atoms with E-state index in [2.05, 4.69) is 31.1 Å². The van der Waals surface area contributed by atoms with Crippen molar-refractivity contribution < 1.29 is 9.90 Å². The number of carboxylic acid groups (broad SMARTS) is 1. The van der Waals surface area contributed by atoms with Crippen LogP contribution in [-0.2, 0) is 0 Å². The summed E-state index contributed by atoms with van der Waals surface area (Å²) in [6.07, 6.45) is 1.02. The monoisotopic (exact) mass is 225 g/mol. The first-order chi connectivity index (χ1) is 6.88. The van der Waals surface area contributed by atoms with Gasteiger partial charge in [0.25, 0.3) is 0 Å². The van der Waals surface area contributed by atoms with Crippen LogP contribution in [0.3, 0.4) is 0 Å². The second-order valence-electron chi connectivity index (χ2n) is 5.14. The third kappa shape index (κ3) is 4.39. The van der Waals surface area contributed by atoms with Gasteiger partial charge in [-0.3, -0.25) is 0 Å². The molecule has 0 aliphatic carbocycles. The lowest BCUT2D eigenvalue weighted by molar-refractivity contribution is 0.154. The smallest absolute Gasteiger partial charge is 0.407 e. The van der Waals surface area contributed by atoms with Crippen molar-refractivity contribution in [3.8, 4) is 11.5 Å². The lowest BCUT2D eigenvalue weighted by Crippen LogP contribution is -2.26. The molecule has 0 aromatic heterocycles. The summed E-state index contributed by atoms with van der Waals surface area (Å²) in [5.41, 5.74) is 3.32. The number of rotatable bonds is 1. The Kier molecular flexibility index (Phi) is 3.81. The summed E-state index contributed by atoms with van der Waals surface area (Å²) in [7, 11) is -1.26. The summed E-state index contributed by atoms with van der Waals surface area (Å²) in [4.78, 5) is 12.2. The highest BCUT2D eigenvalue weighted by molar-refractivity contribution is 6.83. The number of hydrogen-bond acceptors (Lipinski definition) is 1. The standard InChI is InChI=1S/C11H19NO2Si/c1-15(2,3)8-4-5-10-6-7-12(9-10)11(13)14/h10H,5-7,9H2,1-3H3,(H,13,14). The Morgan fingerprint density at radius 1 is 1.53 bits per heavy atom. The predicted octanol–water partition coefficient (Wildman–Crippen LogP) is 2.26. The highest BCUT2D eigenvalue weighted by Crippen LogP contribution is 2.18. The van der Waals surface area contributed by atoms with Gasteiger partial charge in [0.15, 0.2) is 0 Å². The summed E-state index contributed by atoms with van der Waals surface area (Å²) in [5.74, 6) is 3.67. The van der Waals surface area contributed by atoms with E-state index in [0.29, 0.717) is 19.0 Å². The highest BCUT2D eigenvalue weighted by Gasteiger charge is 2.24. The molecular weight excluding hydrogens is 206 g/mol. The van der Waals surface area contributed by atoms with Crippen LogP contribution in [0.5, 0.6) is 0 Å². The summed E-state index contributed by atoms with van der Waals surface area (Å²) >= 11 is 0. The van der Waals surface area contributed by atoms with Crippen LogP contribution in [0.2, 0.25) is 19.6 Å². The summed E-state index contributed by atoms with van der Waals surface area (Å²) in [6.45, 7) is 8.00. The Balaban J connectivity index is 2.36. The molecule has 84 valence electrons. The first kappa shape index (κ1) is 12.1. The zero-order chi connectivity index (χ0) is 11.5. The Labute approximate surface area is 92.5 Å². The number of amides is 1. The van der Waals surface area contributed by atoms with Gasteiger partial charge in [-0.1, -0.05) is 19.6 Å². The Hall–Kier alpha value is -0.953. The van der Waals surface area contributed by atoms with Gasteiger partial charge in [-0.05, 0) is 12.3 Å². The summed E-state index contributed by atoms with van der Waals surface area (Å²) in [5, 5.41) is 8.78. The summed E-state index contributed by atoms with van der Waals surface area (Å²) < 4.78 is 0. The van der Waals surface area contributed by atoms with Crippen molar-refractivity contribution in [2.24, 2.45) is 5.92 Å². The average Bonchev–Trinajstić information content (AvgIpc) is 2.50. The van der Waals surface area contributed by atoms with Crippen LogP contribution >= 0.6 is 0 Å². The second kappa shape index (κ2) is 4.71. The molecule has 0 spiro atoms. The molecule has 1 aliphatic rings. The van der Waals surface area contributed by atoms with Gasteiger partial charge >= 0.3 is 6.09 Å². The molecule has 1 N–H and O–H groups in total. The average molecular weight is 225 g/mol. The number of carbonyl (C=O) groups is 1. The van der Waals surface area contributed by atoms with Crippen LogP contribution in [0, 0.1) is 17.4 Å². The Morgan fingerprint density at radius 3 is 2.67 bits per heavy atom. The fraction of sp³-hybridized carbons (Fsp3) is 0.727. The molecule has 1 amide bonds. The van der Waals surface area contributed by atoms with E-state index in [4.69, 9.17) is 5.11 Å². The molecule has 1 atom stereocenters. The molecular formula is C11H19NO2Si. The lowest BCUT2D eigenvalue weighted by Gasteiger charge is -2.10. The molecule has 1 unspecified atom stereocenters. The molecule has 0 aromatic carbocycles.